The van der Waals surface area contributed by atoms with Crippen LogP contribution in [0.5, 0.6) is 0 Å². The topological polar surface area (TPSA) is 49.4 Å². The molecule has 1 heterocycles. The second-order valence-corrected chi connectivity index (χ2v) is 9.21. The minimum atomic E-state index is -0.491. The zero-order valence-corrected chi connectivity index (χ0v) is 17.7. The van der Waals surface area contributed by atoms with Gasteiger partial charge in [-0.25, -0.2) is 4.39 Å². The summed E-state index contributed by atoms with van der Waals surface area (Å²) < 4.78 is 13.1. The van der Waals surface area contributed by atoms with E-state index in [1.54, 1.807) is 23.9 Å². The molecule has 0 bridgehead atoms. The predicted octanol–water partition coefficient (Wildman–Crippen LogP) is 4.61. The molecule has 2 fully saturated rings. The van der Waals surface area contributed by atoms with E-state index < -0.39 is 6.04 Å². The quantitative estimate of drug-likeness (QED) is 0.760. The van der Waals surface area contributed by atoms with E-state index in [0.717, 1.165) is 18.4 Å². The van der Waals surface area contributed by atoms with E-state index in [1.807, 2.05) is 35.2 Å². The van der Waals surface area contributed by atoms with Crippen LogP contribution in [0, 0.1) is 11.7 Å². The summed E-state index contributed by atoms with van der Waals surface area (Å²) in [7, 11) is 0. The Labute approximate surface area is 181 Å². The molecule has 6 heteroatoms. The maximum atomic E-state index is 13.4. The number of hydrogen-bond acceptors (Lipinski definition) is 3. The lowest BCUT2D eigenvalue weighted by Crippen LogP contribution is -2.51. The smallest absolute Gasteiger partial charge is 0.255 e. The van der Waals surface area contributed by atoms with Crippen molar-refractivity contribution in [1.29, 1.82) is 0 Å². The summed E-state index contributed by atoms with van der Waals surface area (Å²) in [5.74, 6) is 0.528. The highest BCUT2D eigenvalue weighted by Crippen LogP contribution is 2.41. The maximum absolute atomic E-state index is 13.4. The Hall–Kier alpha value is -2.34. The molecule has 2 aromatic rings. The lowest BCUT2D eigenvalue weighted by Gasteiger charge is -2.35. The van der Waals surface area contributed by atoms with Crippen LogP contribution in [-0.2, 0) is 11.3 Å². The van der Waals surface area contributed by atoms with Gasteiger partial charge in [0.25, 0.3) is 5.91 Å². The van der Waals surface area contributed by atoms with E-state index in [9.17, 15) is 14.0 Å². The van der Waals surface area contributed by atoms with E-state index in [1.165, 1.54) is 31.4 Å². The summed E-state index contributed by atoms with van der Waals surface area (Å²) in [5.41, 5.74) is 1.46. The molecule has 4 rings (SSSR count). The summed E-state index contributed by atoms with van der Waals surface area (Å²) in [5, 5.41) is 2.99. The van der Waals surface area contributed by atoms with Crippen molar-refractivity contribution in [2.75, 3.05) is 5.75 Å². The van der Waals surface area contributed by atoms with Crippen LogP contribution in [0.15, 0.2) is 54.6 Å². The molecule has 1 aliphatic heterocycles. The number of nitrogens with one attached hydrogen (secondary N) is 1. The van der Waals surface area contributed by atoms with Gasteiger partial charge in [-0.05, 0) is 48.6 Å². The van der Waals surface area contributed by atoms with Crippen LogP contribution in [0.25, 0.3) is 0 Å². The van der Waals surface area contributed by atoms with Crippen LogP contribution in [-0.4, -0.2) is 33.9 Å². The van der Waals surface area contributed by atoms with Crippen LogP contribution in [0.1, 0.15) is 48.0 Å². The van der Waals surface area contributed by atoms with Gasteiger partial charge in [0.1, 0.15) is 11.9 Å². The molecule has 2 aromatic carbocycles. The van der Waals surface area contributed by atoms with Crippen molar-refractivity contribution in [2.24, 2.45) is 5.92 Å². The molecule has 2 aliphatic rings. The fraction of sp³-hybridized carbons (Fsp3) is 0.417. The Balaban J connectivity index is 1.51. The molecule has 1 saturated heterocycles. The van der Waals surface area contributed by atoms with Crippen LogP contribution >= 0.6 is 11.8 Å². The van der Waals surface area contributed by atoms with Crippen molar-refractivity contribution in [3.63, 3.8) is 0 Å². The van der Waals surface area contributed by atoms with Gasteiger partial charge in [0, 0.05) is 17.9 Å². The molecule has 0 spiro atoms. The molecule has 30 heavy (non-hydrogen) atoms. The number of rotatable bonds is 5. The van der Waals surface area contributed by atoms with Gasteiger partial charge < -0.3 is 10.2 Å². The molecule has 1 saturated carbocycles. The van der Waals surface area contributed by atoms with Crippen molar-refractivity contribution in [2.45, 2.75) is 50.1 Å². The standard InChI is InChI=1S/C24H27FN2O2S/c25-20-13-11-17(12-14-20)15-26-22(28)21-16-30-24(19-9-5-2-6-10-19)27(21)23(29)18-7-3-1-4-8-18/h1,3-4,7-8,11-14,19,21,24H,2,5-6,9-10,15-16H2,(H,26,28)/t21-,24+/m0/s1. The fourth-order valence-electron chi connectivity index (χ4n) is 4.41. The highest BCUT2D eigenvalue weighted by molar-refractivity contribution is 8.00. The average Bonchev–Trinajstić information content (AvgIpc) is 3.24. The molecule has 4 nitrogen and oxygen atoms in total. The average molecular weight is 427 g/mol. The van der Waals surface area contributed by atoms with Crippen LogP contribution in [0.3, 0.4) is 0 Å². The Bertz CT molecular complexity index is 869. The number of halogens is 1. The normalized spacial score (nSPS) is 22.1. The fourth-order valence-corrected chi connectivity index (χ4v) is 6.05. The molecule has 1 N–H and O–H groups in total. The van der Waals surface area contributed by atoms with E-state index in [-0.39, 0.29) is 23.0 Å². The van der Waals surface area contributed by atoms with Crippen LogP contribution < -0.4 is 5.32 Å². The molecular weight excluding hydrogens is 399 g/mol. The Morgan fingerprint density at radius 3 is 2.40 bits per heavy atom. The third kappa shape index (κ3) is 4.69. The Kier molecular flexibility index (Phi) is 6.72. The van der Waals surface area contributed by atoms with Crippen molar-refractivity contribution in [3.05, 3.63) is 71.5 Å². The van der Waals surface area contributed by atoms with Crippen molar-refractivity contribution in [3.8, 4) is 0 Å². The number of carbonyl (C=O) groups is 2. The monoisotopic (exact) mass is 426 g/mol. The first kappa shape index (κ1) is 20.9. The summed E-state index contributed by atoms with van der Waals surface area (Å²) in [4.78, 5) is 28.3. The van der Waals surface area contributed by atoms with Gasteiger partial charge in [-0.2, -0.15) is 0 Å². The minimum Gasteiger partial charge on any atom is -0.350 e. The molecule has 0 unspecified atom stereocenters. The largest absolute Gasteiger partial charge is 0.350 e. The van der Waals surface area contributed by atoms with E-state index in [0.29, 0.717) is 23.8 Å². The molecular formula is C24H27FN2O2S. The first-order valence-electron chi connectivity index (χ1n) is 10.6. The van der Waals surface area contributed by atoms with E-state index >= 15 is 0 Å². The van der Waals surface area contributed by atoms with Gasteiger partial charge in [-0.1, -0.05) is 49.6 Å². The number of thioether (sulfide) groups is 1. The second-order valence-electron chi connectivity index (χ2n) is 8.06. The number of benzene rings is 2. The highest BCUT2D eigenvalue weighted by Gasteiger charge is 2.45. The minimum absolute atomic E-state index is 0.0413. The number of hydrogen-bond donors (Lipinski definition) is 1. The number of carbonyl (C=O) groups excluding carboxylic acids is 2. The Morgan fingerprint density at radius 1 is 1.00 bits per heavy atom. The van der Waals surface area contributed by atoms with Crippen LogP contribution in [0.4, 0.5) is 4.39 Å². The van der Waals surface area contributed by atoms with Crippen molar-refractivity contribution < 1.29 is 14.0 Å². The lowest BCUT2D eigenvalue weighted by atomic mass is 9.88. The molecule has 2 amide bonds. The third-order valence-electron chi connectivity index (χ3n) is 6.03. The zero-order chi connectivity index (χ0) is 20.9. The molecule has 0 radical (unpaired) electrons. The zero-order valence-electron chi connectivity index (χ0n) is 16.9. The summed E-state index contributed by atoms with van der Waals surface area (Å²) >= 11 is 1.73. The second kappa shape index (κ2) is 9.65. The van der Waals surface area contributed by atoms with Gasteiger partial charge in [-0.15, -0.1) is 11.8 Å². The number of nitrogens with zero attached hydrogens (tertiary/aromatic N) is 1. The van der Waals surface area contributed by atoms with Gasteiger partial charge in [0.05, 0.1) is 5.37 Å². The molecule has 0 aromatic heterocycles. The van der Waals surface area contributed by atoms with Gasteiger partial charge in [-0.3, -0.25) is 9.59 Å². The third-order valence-corrected chi connectivity index (χ3v) is 7.49. The molecule has 158 valence electrons. The molecule has 2 atom stereocenters. The van der Waals surface area contributed by atoms with Gasteiger partial charge in [0.2, 0.25) is 5.91 Å². The van der Waals surface area contributed by atoms with Crippen molar-refractivity contribution in [1.82, 2.24) is 10.2 Å². The SMILES string of the molecule is O=C(NCc1ccc(F)cc1)[C@@H]1CS[C@H](C2CCCCC2)N1C(=O)c1ccccc1. The summed E-state index contributed by atoms with van der Waals surface area (Å²) in [6.07, 6.45) is 5.86. The van der Waals surface area contributed by atoms with E-state index in [2.05, 4.69) is 5.32 Å². The number of amides is 2. The Morgan fingerprint density at radius 2 is 1.70 bits per heavy atom. The highest BCUT2D eigenvalue weighted by atomic mass is 32.2. The summed E-state index contributed by atoms with van der Waals surface area (Å²) in [6.45, 7) is 0.321. The summed E-state index contributed by atoms with van der Waals surface area (Å²) in [6, 6.07) is 14.8. The lowest BCUT2D eigenvalue weighted by molar-refractivity contribution is -0.125. The van der Waals surface area contributed by atoms with Gasteiger partial charge in [0.15, 0.2) is 0 Å². The maximum Gasteiger partial charge on any atom is 0.255 e. The van der Waals surface area contributed by atoms with Crippen molar-refractivity contribution >= 4 is 23.6 Å². The first-order valence-corrected chi connectivity index (χ1v) is 11.7. The molecule has 1 aliphatic carbocycles. The predicted molar refractivity (Wildman–Crippen MR) is 117 cm³/mol. The van der Waals surface area contributed by atoms with Gasteiger partial charge >= 0.3 is 0 Å². The van der Waals surface area contributed by atoms with Crippen LogP contribution in [0.2, 0.25) is 0 Å². The first-order chi connectivity index (χ1) is 14.6. The van der Waals surface area contributed by atoms with E-state index in [4.69, 9.17) is 0 Å².